The number of pyridine rings is 1. The second-order valence-electron chi connectivity index (χ2n) is 4.34. The second kappa shape index (κ2) is 6.30. The molecule has 1 atom stereocenters. The average molecular weight is 267 g/mol. The van der Waals surface area contributed by atoms with Gasteiger partial charge >= 0.3 is 5.69 Å². The highest BCUT2D eigenvalue weighted by atomic mass is 16.6. The van der Waals surface area contributed by atoms with E-state index in [1.165, 1.54) is 12.1 Å². The number of aromatic nitrogens is 1. The smallest absolute Gasteiger partial charge is 0.311 e. The van der Waals surface area contributed by atoms with Crippen molar-refractivity contribution in [3.63, 3.8) is 0 Å². The van der Waals surface area contributed by atoms with Crippen LogP contribution in [0.4, 0.5) is 17.3 Å². The minimum atomic E-state index is -0.475. The van der Waals surface area contributed by atoms with Gasteiger partial charge in [0.15, 0.2) is 0 Å². The van der Waals surface area contributed by atoms with E-state index in [1.54, 1.807) is 0 Å². The standard InChI is InChI=1S/C11H17N5O3/c12-15-10-5-4-9(16(17)18)11(14-10)13-7-8-3-1-2-6-19-8/h4-5,8H,1-3,6-7,12H2,(H2,13,14,15). The minimum Gasteiger partial charge on any atom is -0.376 e. The van der Waals surface area contributed by atoms with Crippen molar-refractivity contribution in [1.29, 1.82) is 0 Å². The highest BCUT2D eigenvalue weighted by Gasteiger charge is 2.19. The van der Waals surface area contributed by atoms with Crippen LogP contribution in [0.15, 0.2) is 12.1 Å². The van der Waals surface area contributed by atoms with Crippen LogP contribution in [-0.2, 0) is 4.74 Å². The van der Waals surface area contributed by atoms with E-state index in [4.69, 9.17) is 10.6 Å². The third kappa shape index (κ3) is 3.52. The lowest BCUT2D eigenvalue weighted by molar-refractivity contribution is -0.384. The molecule has 0 amide bonds. The van der Waals surface area contributed by atoms with E-state index in [9.17, 15) is 10.1 Å². The number of hydrogen-bond donors (Lipinski definition) is 3. The SMILES string of the molecule is NNc1ccc([N+](=O)[O-])c(NCC2CCCCO2)n1. The molecule has 1 aromatic rings. The van der Waals surface area contributed by atoms with E-state index >= 15 is 0 Å². The van der Waals surface area contributed by atoms with Crippen LogP contribution < -0.4 is 16.6 Å². The van der Waals surface area contributed by atoms with Gasteiger partial charge in [0.2, 0.25) is 5.82 Å². The molecule has 1 unspecified atom stereocenters. The first kappa shape index (κ1) is 13.5. The van der Waals surface area contributed by atoms with Crippen molar-refractivity contribution >= 4 is 17.3 Å². The molecule has 0 radical (unpaired) electrons. The first-order valence-corrected chi connectivity index (χ1v) is 6.18. The molecule has 4 N–H and O–H groups in total. The summed E-state index contributed by atoms with van der Waals surface area (Å²) in [6.45, 7) is 1.24. The zero-order valence-corrected chi connectivity index (χ0v) is 10.5. The number of ether oxygens (including phenoxy) is 1. The molecular formula is C11H17N5O3. The van der Waals surface area contributed by atoms with Crippen LogP contribution in [0.3, 0.4) is 0 Å². The molecule has 1 aliphatic heterocycles. The lowest BCUT2D eigenvalue weighted by Gasteiger charge is -2.22. The Morgan fingerprint density at radius 2 is 2.37 bits per heavy atom. The number of nitrogen functional groups attached to an aromatic ring is 1. The number of anilines is 2. The third-order valence-electron chi connectivity index (χ3n) is 2.99. The van der Waals surface area contributed by atoms with Gasteiger partial charge in [0.05, 0.1) is 11.0 Å². The molecule has 2 rings (SSSR count). The van der Waals surface area contributed by atoms with Gasteiger partial charge in [0.25, 0.3) is 0 Å². The summed E-state index contributed by atoms with van der Waals surface area (Å²) in [7, 11) is 0. The summed E-state index contributed by atoms with van der Waals surface area (Å²) >= 11 is 0. The number of rotatable bonds is 5. The fourth-order valence-electron chi connectivity index (χ4n) is 1.99. The van der Waals surface area contributed by atoms with Crippen LogP contribution in [-0.4, -0.2) is 29.2 Å². The average Bonchev–Trinajstić information content (AvgIpc) is 2.45. The van der Waals surface area contributed by atoms with Crippen molar-refractivity contribution in [3.8, 4) is 0 Å². The predicted molar refractivity (Wildman–Crippen MR) is 70.8 cm³/mol. The molecule has 8 nitrogen and oxygen atoms in total. The van der Waals surface area contributed by atoms with Gasteiger partial charge < -0.3 is 15.5 Å². The summed E-state index contributed by atoms with van der Waals surface area (Å²) in [5, 5.41) is 13.9. The lowest BCUT2D eigenvalue weighted by atomic mass is 10.1. The molecule has 0 bridgehead atoms. The van der Waals surface area contributed by atoms with Gasteiger partial charge in [-0.15, -0.1) is 0 Å². The van der Waals surface area contributed by atoms with Gasteiger partial charge in [-0.25, -0.2) is 10.8 Å². The van der Waals surface area contributed by atoms with Gasteiger partial charge in [-0.1, -0.05) is 0 Å². The monoisotopic (exact) mass is 267 g/mol. The molecule has 1 aliphatic rings. The van der Waals surface area contributed by atoms with Crippen molar-refractivity contribution in [2.24, 2.45) is 5.84 Å². The Morgan fingerprint density at radius 1 is 1.53 bits per heavy atom. The fraction of sp³-hybridized carbons (Fsp3) is 0.545. The van der Waals surface area contributed by atoms with Gasteiger partial charge in [0, 0.05) is 19.2 Å². The van der Waals surface area contributed by atoms with E-state index in [0.717, 1.165) is 25.9 Å². The molecule has 8 heteroatoms. The van der Waals surface area contributed by atoms with Crippen LogP contribution >= 0.6 is 0 Å². The quantitative estimate of drug-likeness (QED) is 0.417. The highest BCUT2D eigenvalue weighted by molar-refractivity contribution is 5.60. The van der Waals surface area contributed by atoms with E-state index in [-0.39, 0.29) is 17.6 Å². The lowest BCUT2D eigenvalue weighted by Crippen LogP contribution is -2.27. The molecule has 0 spiro atoms. The van der Waals surface area contributed by atoms with Crippen molar-refractivity contribution in [2.75, 3.05) is 23.9 Å². The van der Waals surface area contributed by atoms with Crippen LogP contribution in [0, 0.1) is 10.1 Å². The Hall–Kier alpha value is -1.93. The molecule has 2 heterocycles. The molecule has 1 aromatic heterocycles. The van der Waals surface area contributed by atoms with E-state index < -0.39 is 4.92 Å². The fourth-order valence-corrected chi connectivity index (χ4v) is 1.99. The molecule has 0 saturated carbocycles. The summed E-state index contributed by atoms with van der Waals surface area (Å²) in [5.74, 6) is 5.83. The maximum atomic E-state index is 10.9. The van der Waals surface area contributed by atoms with Crippen LogP contribution in [0.2, 0.25) is 0 Å². The number of hydrazine groups is 1. The molecular weight excluding hydrogens is 250 g/mol. The normalized spacial score (nSPS) is 18.9. The number of nitrogens with one attached hydrogen (secondary N) is 2. The number of hydrogen-bond acceptors (Lipinski definition) is 7. The first-order chi connectivity index (χ1) is 9.20. The van der Waals surface area contributed by atoms with Gasteiger partial charge in [0.1, 0.15) is 5.82 Å². The summed E-state index contributed by atoms with van der Waals surface area (Å²) in [5.41, 5.74) is 2.29. The maximum absolute atomic E-state index is 10.9. The molecule has 0 aliphatic carbocycles. The Kier molecular flexibility index (Phi) is 4.48. The number of nitro groups is 1. The zero-order chi connectivity index (χ0) is 13.7. The Morgan fingerprint density at radius 3 is 3.00 bits per heavy atom. The van der Waals surface area contributed by atoms with Gasteiger partial charge in [-0.05, 0) is 25.3 Å². The predicted octanol–water partition coefficient (Wildman–Crippen LogP) is 1.26. The van der Waals surface area contributed by atoms with Crippen LogP contribution in [0.25, 0.3) is 0 Å². The van der Waals surface area contributed by atoms with Crippen LogP contribution in [0.5, 0.6) is 0 Å². The van der Waals surface area contributed by atoms with E-state index in [2.05, 4.69) is 15.7 Å². The maximum Gasteiger partial charge on any atom is 0.311 e. The Bertz CT molecular complexity index is 448. The zero-order valence-electron chi connectivity index (χ0n) is 10.5. The molecule has 104 valence electrons. The Balaban J connectivity index is 2.06. The first-order valence-electron chi connectivity index (χ1n) is 6.18. The second-order valence-corrected chi connectivity index (χ2v) is 4.34. The van der Waals surface area contributed by atoms with Crippen molar-refractivity contribution in [3.05, 3.63) is 22.2 Å². The molecule has 0 aromatic carbocycles. The van der Waals surface area contributed by atoms with E-state index in [0.29, 0.717) is 12.4 Å². The number of nitrogens with zero attached hydrogens (tertiary/aromatic N) is 2. The van der Waals surface area contributed by atoms with Crippen molar-refractivity contribution < 1.29 is 9.66 Å². The highest BCUT2D eigenvalue weighted by Crippen LogP contribution is 2.24. The third-order valence-corrected chi connectivity index (χ3v) is 2.99. The van der Waals surface area contributed by atoms with Crippen LogP contribution in [0.1, 0.15) is 19.3 Å². The van der Waals surface area contributed by atoms with Gasteiger partial charge in [-0.3, -0.25) is 10.1 Å². The summed E-state index contributed by atoms with van der Waals surface area (Å²) in [6.07, 6.45) is 3.22. The summed E-state index contributed by atoms with van der Waals surface area (Å²) in [6, 6.07) is 2.83. The van der Waals surface area contributed by atoms with Crippen molar-refractivity contribution in [1.82, 2.24) is 4.98 Å². The topological polar surface area (TPSA) is 115 Å². The number of nitrogens with two attached hydrogens (primary N) is 1. The largest absolute Gasteiger partial charge is 0.376 e. The molecule has 19 heavy (non-hydrogen) atoms. The molecule has 1 fully saturated rings. The Labute approximate surface area is 110 Å². The summed E-state index contributed by atoms with van der Waals surface area (Å²) < 4.78 is 5.56. The minimum absolute atomic E-state index is 0.0737. The van der Waals surface area contributed by atoms with Crippen molar-refractivity contribution in [2.45, 2.75) is 25.4 Å². The summed E-state index contributed by atoms with van der Waals surface area (Å²) in [4.78, 5) is 14.5. The molecule has 1 saturated heterocycles. The van der Waals surface area contributed by atoms with E-state index in [1.807, 2.05) is 0 Å². The van der Waals surface area contributed by atoms with Gasteiger partial charge in [-0.2, -0.15) is 0 Å².